The molecule has 0 saturated heterocycles. The number of nitrogens with one attached hydrogen (secondary N) is 1. The number of aryl methyl sites for hydroxylation is 1. The molecule has 1 saturated carbocycles. The van der Waals surface area contributed by atoms with Gasteiger partial charge in [0.2, 0.25) is 0 Å². The van der Waals surface area contributed by atoms with Gasteiger partial charge >= 0.3 is 0 Å². The van der Waals surface area contributed by atoms with Crippen LogP contribution in [-0.4, -0.2) is 18.1 Å². The minimum atomic E-state index is 0.471. The van der Waals surface area contributed by atoms with Gasteiger partial charge in [-0.25, -0.2) is 0 Å². The largest absolute Gasteiger partial charge is 0.317 e. The van der Waals surface area contributed by atoms with Crippen molar-refractivity contribution in [3.05, 3.63) is 29.6 Å². The molecule has 1 heterocycles. The molecule has 2 unspecified atom stereocenters. The summed E-state index contributed by atoms with van der Waals surface area (Å²) in [5.74, 6) is 1.42. The van der Waals surface area contributed by atoms with Gasteiger partial charge in [-0.05, 0) is 68.2 Å². The van der Waals surface area contributed by atoms with Crippen LogP contribution in [0.3, 0.4) is 0 Å². The number of pyridine rings is 1. The van der Waals surface area contributed by atoms with Gasteiger partial charge in [0.25, 0.3) is 0 Å². The summed E-state index contributed by atoms with van der Waals surface area (Å²) in [7, 11) is 0. The average molecular weight is 260 g/mol. The number of hydrogen-bond acceptors (Lipinski definition) is 2. The van der Waals surface area contributed by atoms with Crippen LogP contribution in [0.5, 0.6) is 0 Å². The van der Waals surface area contributed by atoms with Crippen molar-refractivity contribution in [2.75, 3.05) is 13.1 Å². The summed E-state index contributed by atoms with van der Waals surface area (Å²) in [4.78, 5) is 4.50. The summed E-state index contributed by atoms with van der Waals surface area (Å²) < 4.78 is 0. The number of hydrogen-bond donors (Lipinski definition) is 1. The molecule has 0 aliphatic heterocycles. The van der Waals surface area contributed by atoms with Gasteiger partial charge in [0, 0.05) is 11.9 Å². The van der Waals surface area contributed by atoms with Crippen molar-refractivity contribution < 1.29 is 0 Å². The van der Waals surface area contributed by atoms with E-state index in [1.54, 1.807) is 0 Å². The first kappa shape index (κ1) is 14.5. The zero-order chi connectivity index (χ0) is 13.9. The molecule has 0 bridgehead atoms. The molecule has 0 radical (unpaired) electrons. The van der Waals surface area contributed by atoms with Crippen molar-refractivity contribution >= 4 is 0 Å². The SMILES string of the molecule is CCNCC1CCC(C)(C)CC1c1ccc(C)nc1. The van der Waals surface area contributed by atoms with Gasteiger partial charge in [0.15, 0.2) is 0 Å². The first-order valence-corrected chi connectivity index (χ1v) is 7.65. The summed E-state index contributed by atoms with van der Waals surface area (Å²) >= 11 is 0. The van der Waals surface area contributed by atoms with Crippen LogP contribution in [0.15, 0.2) is 18.3 Å². The first-order chi connectivity index (χ1) is 9.02. The van der Waals surface area contributed by atoms with Gasteiger partial charge in [-0.15, -0.1) is 0 Å². The van der Waals surface area contributed by atoms with E-state index in [4.69, 9.17) is 0 Å². The minimum Gasteiger partial charge on any atom is -0.317 e. The van der Waals surface area contributed by atoms with Crippen LogP contribution in [-0.2, 0) is 0 Å². The molecule has 0 spiro atoms. The molecule has 1 aliphatic rings. The summed E-state index contributed by atoms with van der Waals surface area (Å²) in [6.45, 7) is 11.3. The summed E-state index contributed by atoms with van der Waals surface area (Å²) in [6, 6.07) is 4.44. The maximum Gasteiger partial charge on any atom is 0.0372 e. The van der Waals surface area contributed by atoms with Gasteiger partial charge in [-0.3, -0.25) is 4.98 Å². The molecule has 2 rings (SSSR count). The molecular formula is C17H28N2. The second-order valence-electron chi connectivity index (χ2n) is 6.81. The fourth-order valence-electron chi connectivity index (χ4n) is 3.30. The maximum absolute atomic E-state index is 4.50. The lowest BCUT2D eigenvalue weighted by Gasteiger charge is -2.41. The van der Waals surface area contributed by atoms with Crippen LogP contribution in [0, 0.1) is 18.3 Å². The van der Waals surface area contributed by atoms with Crippen LogP contribution in [0.2, 0.25) is 0 Å². The molecule has 1 aromatic rings. The van der Waals surface area contributed by atoms with E-state index in [9.17, 15) is 0 Å². The molecule has 106 valence electrons. The molecule has 2 nitrogen and oxygen atoms in total. The highest BCUT2D eigenvalue weighted by molar-refractivity contribution is 5.20. The van der Waals surface area contributed by atoms with E-state index in [0.717, 1.165) is 24.7 Å². The smallest absolute Gasteiger partial charge is 0.0372 e. The zero-order valence-electron chi connectivity index (χ0n) is 12.9. The lowest BCUT2D eigenvalue weighted by molar-refractivity contribution is 0.160. The molecule has 1 N–H and O–H groups in total. The second kappa shape index (κ2) is 6.04. The van der Waals surface area contributed by atoms with Gasteiger partial charge in [-0.2, -0.15) is 0 Å². The molecule has 2 atom stereocenters. The van der Waals surface area contributed by atoms with Crippen LogP contribution in [0.1, 0.15) is 57.2 Å². The molecule has 0 amide bonds. The summed E-state index contributed by atoms with van der Waals surface area (Å²) in [5.41, 5.74) is 3.02. The Balaban J connectivity index is 2.17. The van der Waals surface area contributed by atoms with Crippen molar-refractivity contribution in [2.24, 2.45) is 11.3 Å². The van der Waals surface area contributed by atoms with E-state index in [1.807, 2.05) is 0 Å². The van der Waals surface area contributed by atoms with E-state index in [1.165, 1.54) is 24.8 Å². The molecule has 0 aromatic carbocycles. The minimum absolute atomic E-state index is 0.471. The Hall–Kier alpha value is -0.890. The lowest BCUT2D eigenvalue weighted by atomic mass is 9.65. The number of rotatable bonds is 4. The van der Waals surface area contributed by atoms with Crippen molar-refractivity contribution in [3.8, 4) is 0 Å². The molecular weight excluding hydrogens is 232 g/mol. The molecule has 2 heteroatoms. The molecule has 1 aromatic heterocycles. The third-order valence-electron chi connectivity index (χ3n) is 4.55. The van der Waals surface area contributed by atoms with Gasteiger partial charge in [-0.1, -0.05) is 26.8 Å². The highest BCUT2D eigenvalue weighted by atomic mass is 14.8. The topological polar surface area (TPSA) is 24.9 Å². The summed E-state index contributed by atoms with van der Waals surface area (Å²) in [6.07, 6.45) is 6.06. The van der Waals surface area contributed by atoms with Gasteiger partial charge in [0.05, 0.1) is 0 Å². The quantitative estimate of drug-likeness (QED) is 0.888. The number of nitrogens with zero attached hydrogens (tertiary/aromatic N) is 1. The van der Waals surface area contributed by atoms with Crippen LogP contribution in [0.25, 0.3) is 0 Å². The average Bonchev–Trinajstić information content (AvgIpc) is 2.37. The van der Waals surface area contributed by atoms with Crippen LogP contribution >= 0.6 is 0 Å². The Morgan fingerprint density at radius 3 is 2.79 bits per heavy atom. The Morgan fingerprint density at radius 1 is 1.37 bits per heavy atom. The Morgan fingerprint density at radius 2 is 2.16 bits per heavy atom. The molecule has 1 aliphatic carbocycles. The van der Waals surface area contributed by atoms with E-state index in [0.29, 0.717) is 11.3 Å². The van der Waals surface area contributed by atoms with E-state index in [2.05, 4.69) is 56.3 Å². The fraction of sp³-hybridized carbons (Fsp3) is 0.706. The zero-order valence-corrected chi connectivity index (χ0v) is 12.9. The Bertz CT molecular complexity index is 394. The number of aromatic nitrogens is 1. The Kier molecular flexibility index (Phi) is 4.62. The molecule has 19 heavy (non-hydrogen) atoms. The van der Waals surface area contributed by atoms with Crippen LogP contribution in [0.4, 0.5) is 0 Å². The maximum atomic E-state index is 4.50. The fourth-order valence-corrected chi connectivity index (χ4v) is 3.30. The highest BCUT2D eigenvalue weighted by Crippen LogP contribution is 2.46. The third-order valence-corrected chi connectivity index (χ3v) is 4.55. The Labute approximate surface area is 118 Å². The van der Waals surface area contributed by atoms with E-state index in [-0.39, 0.29) is 0 Å². The van der Waals surface area contributed by atoms with E-state index < -0.39 is 0 Å². The highest BCUT2D eigenvalue weighted by Gasteiger charge is 2.35. The third kappa shape index (κ3) is 3.79. The van der Waals surface area contributed by atoms with Gasteiger partial charge < -0.3 is 5.32 Å². The van der Waals surface area contributed by atoms with Crippen molar-refractivity contribution in [2.45, 2.75) is 52.9 Å². The van der Waals surface area contributed by atoms with Crippen LogP contribution < -0.4 is 5.32 Å². The monoisotopic (exact) mass is 260 g/mol. The lowest BCUT2D eigenvalue weighted by Crippen LogP contribution is -2.34. The first-order valence-electron chi connectivity index (χ1n) is 7.65. The van der Waals surface area contributed by atoms with Crippen molar-refractivity contribution in [1.29, 1.82) is 0 Å². The normalized spacial score (nSPS) is 26.3. The van der Waals surface area contributed by atoms with Crippen molar-refractivity contribution in [3.63, 3.8) is 0 Å². The van der Waals surface area contributed by atoms with E-state index >= 15 is 0 Å². The second-order valence-corrected chi connectivity index (χ2v) is 6.81. The summed E-state index contributed by atoms with van der Waals surface area (Å²) in [5, 5.41) is 3.54. The van der Waals surface area contributed by atoms with Gasteiger partial charge in [0.1, 0.15) is 0 Å². The van der Waals surface area contributed by atoms with Crippen molar-refractivity contribution in [1.82, 2.24) is 10.3 Å². The predicted molar refractivity (Wildman–Crippen MR) is 81.4 cm³/mol. The molecule has 1 fully saturated rings. The predicted octanol–water partition coefficient (Wildman–Crippen LogP) is 3.91. The standard InChI is InChI=1S/C17H28N2/c1-5-18-11-15-8-9-17(3,4)10-16(15)14-7-6-13(2)19-12-14/h6-7,12,15-16,18H,5,8-11H2,1-4H3.